The van der Waals surface area contributed by atoms with Crippen LogP contribution in [-0.4, -0.2) is 25.7 Å². The molecule has 2 heterocycles. The minimum atomic E-state index is -0.149. The number of nitrogens with zero attached hydrogens (tertiary/aromatic N) is 4. The van der Waals surface area contributed by atoms with Crippen molar-refractivity contribution >= 4 is 22.8 Å². The Kier molecular flexibility index (Phi) is 4.25. The fraction of sp³-hybridized carbons (Fsp3) is 0.100. The number of nitrogens with one attached hydrogen (secondary N) is 1. The highest BCUT2D eigenvalue weighted by Crippen LogP contribution is 2.20. The molecule has 0 atom stereocenters. The lowest BCUT2D eigenvalue weighted by Crippen LogP contribution is -2.23. The third-order valence-corrected chi connectivity index (χ3v) is 4.29. The summed E-state index contributed by atoms with van der Waals surface area (Å²) in [5, 5.41) is 7.95. The molecule has 0 bridgehead atoms. The van der Waals surface area contributed by atoms with Crippen LogP contribution in [0.5, 0.6) is 0 Å². The number of amides is 1. The summed E-state index contributed by atoms with van der Waals surface area (Å²) >= 11 is 0. The van der Waals surface area contributed by atoms with E-state index in [1.807, 2.05) is 37.3 Å². The van der Waals surface area contributed by atoms with E-state index >= 15 is 0 Å². The SMILES string of the molecule is Cc1cccc(CNC(=O)c2cccc(-n3ncc4c(N)ncnc43)c2)c1. The normalized spacial score (nSPS) is 10.9. The molecule has 0 unspecified atom stereocenters. The van der Waals surface area contributed by atoms with E-state index in [-0.39, 0.29) is 5.91 Å². The summed E-state index contributed by atoms with van der Waals surface area (Å²) < 4.78 is 1.64. The van der Waals surface area contributed by atoms with Gasteiger partial charge in [-0.1, -0.05) is 35.9 Å². The first kappa shape index (κ1) is 16.7. The molecule has 1 amide bonds. The van der Waals surface area contributed by atoms with Gasteiger partial charge in [0.15, 0.2) is 5.65 Å². The van der Waals surface area contributed by atoms with Gasteiger partial charge in [-0.25, -0.2) is 14.6 Å². The van der Waals surface area contributed by atoms with Gasteiger partial charge >= 0.3 is 0 Å². The number of hydrogen-bond acceptors (Lipinski definition) is 5. The number of anilines is 1. The Labute approximate surface area is 155 Å². The van der Waals surface area contributed by atoms with Crippen molar-refractivity contribution < 1.29 is 4.79 Å². The summed E-state index contributed by atoms with van der Waals surface area (Å²) in [4.78, 5) is 20.8. The second-order valence-corrected chi connectivity index (χ2v) is 6.27. The van der Waals surface area contributed by atoms with Crippen LogP contribution in [0, 0.1) is 6.92 Å². The molecule has 4 rings (SSSR count). The van der Waals surface area contributed by atoms with Gasteiger partial charge in [0.2, 0.25) is 0 Å². The first-order chi connectivity index (χ1) is 13.1. The van der Waals surface area contributed by atoms with Crippen molar-refractivity contribution in [1.82, 2.24) is 25.1 Å². The Balaban J connectivity index is 1.58. The van der Waals surface area contributed by atoms with Crippen LogP contribution in [0.4, 0.5) is 5.82 Å². The maximum Gasteiger partial charge on any atom is 0.251 e. The van der Waals surface area contributed by atoms with E-state index < -0.39 is 0 Å². The second kappa shape index (κ2) is 6.87. The molecular formula is C20H18N6O. The number of hydrogen-bond donors (Lipinski definition) is 2. The monoisotopic (exact) mass is 358 g/mol. The fourth-order valence-electron chi connectivity index (χ4n) is 2.94. The highest BCUT2D eigenvalue weighted by atomic mass is 16.1. The lowest BCUT2D eigenvalue weighted by molar-refractivity contribution is 0.0951. The molecule has 4 aromatic rings. The van der Waals surface area contributed by atoms with Crippen LogP contribution in [0.3, 0.4) is 0 Å². The number of rotatable bonds is 4. The van der Waals surface area contributed by atoms with Gasteiger partial charge in [-0.15, -0.1) is 0 Å². The molecule has 0 spiro atoms. The van der Waals surface area contributed by atoms with E-state index in [0.717, 1.165) is 16.8 Å². The molecule has 7 heteroatoms. The van der Waals surface area contributed by atoms with Gasteiger partial charge in [-0.3, -0.25) is 4.79 Å². The van der Waals surface area contributed by atoms with E-state index in [0.29, 0.717) is 29.0 Å². The maximum absolute atomic E-state index is 12.6. The molecule has 0 saturated heterocycles. The maximum atomic E-state index is 12.6. The molecule has 0 aliphatic rings. The number of aromatic nitrogens is 4. The van der Waals surface area contributed by atoms with Gasteiger partial charge in [0.25, 0.3) is 5.91 Å². The number of nitrogen functional groups attached to an aromatic ring is 1. The lowest BCUT2D eigenvalue weighted by Gasteiger charge is -2.08. The van der Waals surface area contributed by atoms with Crippen LogP contribution in [0.2, 0.25) is 0 Å². The van der Waals surface area contributed by atoms with Gasteiger partial charge in [0.1, 0.15) is 12.1 Å². The van der Waals surface area contributed by atoms with Gasteiger partial charge in [0, 0.05) is 12.1 Å². The number of carbonyl (C=O) groups excluding carboxylic acids is 1. The van der Waals surface area contributed by atoms with Crippen LogP contribution in [0.15, 0.2) is 61.1 Å². The Bertz CT molecular complexity index is 1130. The quantitative estimate of drug-likeness (QED) is 0.584. The van der Waals surface area contributed by atoms with E-state index in [4.69, 9.17) is 5.73 Å². The van der Waals surface area contributed by atoms with Crippen LogP contribution in [-0.2, 0) is 6.54 Å². The standard InChI is InChI=1S/C20H18N6O/c1-13-4-2-5-14(8-13)10-22-20(27)15-6-3-7-16(9-15)26-19-17(11-25-26)18(21)23-12-24-19/h2-9,11-12H,10H2,1H3,(H,22,27)(H2,21,23,24). The number of aryl methyl sites for hydroxylation is 1. The highest BCUT2D eigenvalue weighted by Gasteiger charge is 2.12. The van der Waals surface area contributed by atoms with Crippen LogP contribution in [0.25, 0.3) is 16.7 Å². The first-order valence-electron chi connectivity index (χ1n) is 8.50. The van der Waals surface area contributed by atoms with E-state index in [1.165, 1.54) is 6.33 Å². The predicted octanol–water partition coefficient (Wildman–Crippen LogP) is 2.64. The Morgan fingerprint density at radius 1 is 1.15 bits per heavy atom. The van der Waals surface area contributed by atoms with E-state index in [9.17, 15) is 4.79 Å². The topological polar surface area (TPSA) is 98.7 Å². The van der Waals surface area contributed by atoms with Crippen molar-refractivity contribution in [1.29, 1.82) is 0 Å². The molecule has 0 saturated carbocycles. The summed E-state index contributed by atoms with van der Waals surface area (Å²) in [5.41, 5.74) is 9.96. The molecule has 0 aliphatic carbocycles. The summed E-state index contributed by atoms with van der Waals surface area (Å²) in [7, 11) is 0. The average Bonchev–Trinajstić information content (AvgIpc) is 3.12. The molecule has 0 fully saturated rings. The van der Waals surface area contributed by atoms with Gasteiger partial charge < -0.3 is 11.1 Å². The van der Waals surface area contributed by atoms with Crippen molar-refractivity contribution in [2.75, 3.05) is 5.73 Å². The molecule has 2 aromatic carbocycles. The van der Waals surface area contributed by atoms with Gasteiger partial charge in [-0.2, -0.15) is 5.10 Å². The predicted molar refractivity (Wildman–Crippen MR) is 103 cm³/mol. The van der Waals surface area contributed by atoms with Crippen molar-refractivity contribution in [3.8, 4) is 5.69 Å². The minimum Gasteiger partial charge on any atom is -0.383 e. The van der Waals surface area contributed by atoms with E-state index in [2.05, 4.69) is 26.4 Å². The molecule has 134 valence electrons. The zero-order chi connectivity index (χ0) is 18.8. The molecule has 7 nitrogen and oxygen atoms in total. The van der Waals surface area contributed by atoms with Crippen molar-refractivity contribution in [3.05, 3.63) is 77.7 Å². The zero-order valence-corrected chi connectivity index (χ0v) is 14.8. The highest BCUT2D eigenvalue weighted by molar-refractivity contribution is 5.95. The zero-order valence-electron chi connectivity index (χ0n) is 14.8. The van der Waals surface area contributed by atoms with Gasteiger partial charge in [0.05, 0.1) is 17.3 Å². The summed E-state index contributed by atoms with van der Waals surface area (Å²) in [5.74, 6) is 0.224. The lowest BCUT2D eigenvalue weighted by atomic mass is 10.1. The van der Waals surface area contributed by atoms with Gasteiger partial charge in [-0.05, 0) is 30.7 Å². The van der Waals surface area contributed by atoms with Crippen LogP contribution < -0.4 is 11.1 Å². The smallest absolute Gasteiger partial charge is 0.251 e. The minimum absolute atomic E-state index is 0.149. The van der Waals surface area contributed by atoms with Crippen LogP contribution in [0.1, 0.15) is 21.5 Å². The largest absolute Gasteiger partial charge is 0.383 e. The second-order valence-electron chi connectivity index (χ2n) is 6.27. The molecule has 3 N–H and O–H groups in total. The third kappa shape index (κ3) is 3.35. The van der Waals surface area contributed by atoms with Crippen molar-refractivity contribution in [3.63, 3.8) is 0 Å². The third-order valence-electron chi connectivity index (χ3n) is 4.29. The molecule has 27 heavy (non-hydrogen) atoms. The Morgan fingerprint density at radius 3 is 2.85 bits per heavy atom. The summed E-state index contributed by atoms with van der Waals surface area (Å²) in [6.45, 7) is 2.50. The molecule has 2 aromatic heterocycles. The first-order valence-corrected chi connectivity index (χ1v) is 8.50. The van der Waals surface area contributed by atoms with Crippen molar-refractivity contribution in [2.24, 2.45) is 0 Å². The number of fused-ring (bicyclic) bond motifs is 1. The van der Waals surface area contributed by atoms with E-state index in [1.54, 1.807) is 23.0 Å². The summed E-state index contributed by atoms with van der Waals surface area (Å²) in [6.07, 6.45) is 3.02. The molecular weight excluding hydrogens is 340 g/mol. The number of carbonyl (C=O) groups is 1. The Morgan fingerprint density at radius 2 is 2.00 bits per heavy atom. The molecule has 0 aliphatic heterocycles. The van der Waals surface area contributed by atoms with Crippen LogP contribution >= 0.6 is 0 Å². The average molecular weight is 358 g/mol. The number of nitrogens with two attached hydrogens (primary N) is 1. The summed E-state index contributed by atoms with van der Waals surface area (Å²) in [6, 6.07) is 15.3. The Hall–Kier alpha value is -3.74. The fourth-order valence-corrected chi connectivity index (χ4v) is 2.94. The van der Waals surface area contributed by atoms with Crippen molar-refractivity contribution in [2.45, 2.75) is 13.5 Å². The molecule has 0 radical (unpaired) electrons. The number of benzene rings is 2.